The second kappa shape index (κ2) is 12.6. The lowest BCUT2D eigenvalue weighted by molar-refractivity contribution is -0.200. The number of benzene rings is 2. The van der Waals surface area contributed by atoms with Gasteiger partial charge in [0.05, 0.1) is 48.7 Å². The Morgan fingerprint density at radius 3 is 2.43 bits per heavy atom. The summed E-state index contributed by atoms with van der Waals surface area (Å²) in [6.45, 7) is 2.97. The Bertz CT molecular complexity index is 1740. The molecule has 0 radical (unpaired) electrons. The van der Waals surface area contributed by atoms with E-state index in [2.05, 4.69) is 27.4 Å². The topological polar surface area (TPSA) is 88.1 Å². The number of nitrogens with one attached hydrogen (secondary N) is 2. The van der Waals surface area contributed by atoms with Crippen molar-refractivity contribution in [3.8, 4) is 17.6 Å². The number of likely N-dealkylation sites (tertiary alicyclic amines) is 1. The number of methoxy groups -OCH3 is 1. The molecule has 2 N–H and O–H groups in total. The summed E-state index contributed by atoms with van der Waals surface area (Å²) in [7, 11) is 0.668. The molecule has 9 nitrogen and oxygen atoms in total. The highest BCUT2D eigenvalue weighted by Gasteiger charge is 2.50. The van der Waals surface area contributed by atoms with Gasteiger partial charge in [0.15, 0.2) is 0 Å². The molecule has 6 rings (SSSR count). The van der Waals surface area contributed by atoms with Crippen LogP contribution < -0.4 is 15.4 Å². The molecule has 248 valence electrons. The summed E-state index contributed by atoms with van der Waals surface area (Å²) < 4.78 is 79.2. The number of aromatic nitrogens is 1. The summed E-state index contributed by atoms with van der Waals surface area (Å²) in [6.07, 6.45) is -0.210. The summed E-state index contributed by atoms with van der Waals surface area (Å²) in [4.78, 5) is 2.66. The van der Waals surface area contributed by atoms with Gasteiger partial charge in [-0.3, -0.25) is 4.90 Å². The summed E-state index contributed by atoms with van der Waals surface area (Å²) >= 11 is 0. The maximum Gasteiger partial charge on any atom is 0.406 e. The van der Waals surface area contributed by atoms with Crippen LogP contribution in [0.3, 0.4) is 0 Å². The normalized spacial score (nSPS) is 21.4. The van der Waals surface area contributed by atoms with Crippen LogP contribution in [0.2, 0.25) is 0 Å². The van der Waals surface area contributed by atoms with Crippen LogP contribution >= 0.6 is 0 Å². The predicted octanol–water partition coefficient (Wildman–Crippen LogP) is 4.98. The molecule has 1 saturated carbocycles. The molecule has 0 atom stereocenters. The maximum absolute atomic E-state index is 13.7. The van der Waals surface area contributed by atoms with Crippen LogP contribution in [-0.2, 0) is 21.3 Å². The van der Waals surface area contributed by atoms with Gasteiger partial charge in [-0.2, -0.15) is 13.2 Å². The fraction of sp³-hybridized carbons (Fsp3) is 0.515. The van der Waals surface area contributed by atoms with Gasteiger partial charge in [-0.15, -0.1) is 0 Å². The van der Waals surface area contributed by atoms with Gasteiger partial charge < -0.3 is 24.7 Å². The van der Waals surface area contributed by atoms with Gasteiger partial charge in [0.1, 0.15) is 12.3 Å². The average molecular weight is 660 g/mol. The maximum atomic E-state index is 13.7. The van der Waals surface area contributed by atoms with Crippen LogP contribution in [0.5, 0.6) is 5.75 Å². The van der Waals surface area contributed by atoms with Gasteiger partial charge in [0.2, 0.25) is 10.0 Å². The third kappa shape index (κ3) is 6.67. The highest BCUT2D eigenvalue weighted by molar-refractivity contribution is 7.89. The van der Waals surface area contributed by atoms with Crippen molar-refractivity contribution in [1.82, 2.24) is 13.8 Å². The molecular formula is C33H40F3N5O4S. The molecule has 13 heteroatoms. The summed E-state index contributed by atoms with van der Waals surface area (Å²) in [5.41, 5.74) is 2.47. The smallest absolute Gasteiger partial charge is 0.406 e. The second-order valence-electron chi connectivity index (χ2n) is 12.8. The van der Waals surface area contributed by atoms with Crippen molar-refractivity contribution in [2.45, 2.75) is 55.4 Å². The fourth-order valence-electron chi connectivity index (χ4n) is 6.78. The molecule has 1 aliphatic carbocycles. The van der Waals surface area contributed by atoms with E-state index in [1.165, 1.54) is 37.9 Å². The summed E-state index contributed by atoms with van der Waals surface area (Å²) in [5.74, 6) is 6.16. The number of rotatable bonds is 9. The first-order valence-corrected chi connectivity index (χ1v) is 16.9. The van der Waals surface area contributed by atoms with E-state index in [0.717, 1.165) is 62.0 Å². The zero-order chi connectivity index (χ0) is 32.7. The van der Waals surface area contributed by atoms with E-state index in [-0.39, 0.29) is 23.2 Å². The van der Waals surface area contributed by atoms with Gasteiger partial charge in [0.25, 0.3) is 0 Å². The van der Waals surface area contributed by atoms with E-state index in [1.807, 2.05) is 6.07 Å². The molecule has 46 heavy (non-hydrogen) atoms. The van der Waals surface area contributed by atoms with E-state index in [9.17, 15) is 21.6 Å². The Balaban J connectivity index is 1.16. The first-order valence-electron chi connectivity index (χ1n) is 15.5. The quantitative estimate of drug-likeness (QED) is 0.314. The van der Waals surface area contributed by atoms with Crippen LogP contribution in [0.4, 0.5) is 24.5 Å². The number of hydrogen-bond acceptors (Lipinski definition) is 7. The number of ether oxygens (including phenoxy) is 2. The minimum atomic E-state index is -4.43. The Labute approximate surface area is 268 Å². The van der Waals surface area contributed by atoms with Crippen LogP contribution in [0.15, 0.2) is 47.4 Å². The molecule has 3 fully saturated rings. The van der Waals surface area contributed by atoms with E-state index in [0.29, 0.717) is 33.8 Å². The average Bonchev–Trinajstić information content (AvgIpc) is 3.31. The summed E-state index contributed by atoms with van der Waals surface area (Å²) in [6, 6.07) is 12.4. The third-order valence-electron chi connectivity index (χ3n) is 9.28. The van der Waals surface area contributed by atoms with Crippen molar-refractivity contribution >= 4 is 32.3 Å². The lowest BCUT2D eigenvalue weighted by atomic mass is 9.75. The number of sulfonamides is 1. The second-order valence-corrected chi connectivity index (χ2v) is 15.0. The Hall–Kier alpha value is -3.44. The van der Waals surface area contributed by atoms with Gasteiger partial charge in [-0.05, 0) is 61.9 Å². The first-order chi connectivity index (χ1) is 21.9. The van der Waals surface area contributed by atoms with Crippen molar-refractivity contribution in [3.63, 3.8) is 0 Å². The monoisotopic (exact) mass is 659 g/mol. The van der Waals surface area contributed by atoms with E-state index >= 15 is 0 Å². The molecule has 1 spiro atoms. The van der Waals surface area contributed by atoms with Gasteiger partial charge in [0, 0.05) is 61.8 Å². The molecule has 0 bridgehead atoms. The van der Waals surface area contributed by atoms with Crippen LogP contribution in [-0.4, -0.2) is 94.5 Å². The van der Waals surface area contributed by atoms with E-state index < -0.39 is 22.7 Å². The molecule has 0 amide bonds. The van der Waals surface area contributed by atoms with E-state index in [4.69, 9.17) is 9.47 Å². The van der Waals surface area contributed by atoms with Crippen molar-refractivity contribution < 1.29 is 31.1 Å². The number of hydrogen-bond donors (Lipinski definition) is 2. The lowest BCUT2D eigenvalue weighted by Gasteiger charge is -2.58. The molecule has 1 aromatic heterocycles. The van der Waals surface area contributed by atoms with Crippen LogP contribution in [0, 0.1) is 17.3 Å². The van der Waals surface area contributed by atoms with Gasteiger partial charge in [-0.25, -0.2) is 12.7 Å². The standard InChI is InChI=1S/C33H40F3N5O4S/c1-39(2)46(42,43)26-13-14-29(31(17-26)44-3)37-15-5-6-25-16-27-28(7-4-8-30(27)41(25)20-33(34,35)36)38-23-9-11-24(12-10-23)40-18-32(19-40)21-45-22-32/h4,7-8,13-14,16-17,23-24,37-38H,9-12,15,18-22H2,1-3H3/t23-,24+. The summed E-state index contributed by atoms with van der Waals surface area (Å²) in [5, 5.41) is 7.42. The van der Waals surface area contributed by atoms with Crippen molar-refractivity contribution in [1.29, 1.82) is 0 Å². The van der Waals surface area contributed by atoms with Crippen LogP contribution in [0.1, 0.15) is 31.4 Å². The lowest BCUT2D eigenvalue weighted by Crippen LogP contribution is -2.68. The van der Waals surface area contributed by atoms with Crippen LogP contribution in [0.25, 0.3) is 10.9 Å². The molecule has 2 aromatic carbocycles. The Morgan fingerprint density at radius 1 is 1.07 bits per heavy atom. The number of nitrogens with zero attached hydrogens (tertiary/aromatic N) is 3. The van der Waals surface area contributed by atoms with Crippen molar-refractivity contribution in [3.05, 3.63) is 48.2 Å². The highest BCUT2D eigenvalue weighted by Crippen LogP contribution is 2.41. The number of alkyl halides is 3. The molecule has 3 aromatic rings. The molecule has 2 aliphatic heterocycles. The minimum absolute atomic E-state index is 0.0775. The zero-order valence-corrected chi connectivity index (χ0v) is 27.1. The molecule has 2 saturated heterocycles. The highest BCUT2D eigenvalue weighted by atomic mass is 32.2. The van der Waals surface area contributed by atoms with Crippen molar-refractivity contribution in [2.24, 2.45) is 5.41 Å². The fourth-order valence-corrected chi connectivity index (χ4v) is 7.70. The van der Waals surface area contributed by atoms with Crippen molar-refractivity contribution in [2.75, 3.05) is 64.7 Å². The van der Waals surface area contributed by atoms with Gasteiger partial charge >= 0.3 is 6.18 Å². The van der Waals surface area contributed by atoms with Gasteiger partial charge in [-0.1, -0.05) is 12.0 Å². The molecule has 3 heterocycles. The Kier molecular flexibility index (Phi) is 8.93. The minimum Gasteiger partial charge on any atom is -0.495 e. The number of fused-ring (bicyclic) bond motifs is 1. The number of anilines is 2. The largest absolute Gasteiger partial charge is 0.495 e. The SMILES string of the molecule is COc1cc(S(=O)(=O)N(C)C)ccc1NCC#Cc1cc2c(N[C@H]3CC[C@@H](N4CC5(COC5)C4)CC3)cccc2n1CC(F)(F)F. The molecule has 0 unspecified atom stereocenters. The number of halogens is 3. The zero-order valence-electron chi connectivity index (χ0n) is 26.3. The molecule has 3 aliphatic rings. The predicted molar refractivity (Wildman–Crippen MR) is 172 cm³/mol. The molecular weight excluding hydrogens is 619 g/mol. The third-order valence-corrected chi connectivity index (χ3v) is 11.1. The Morgan fingerprint density at radius 2 is 1.80 bits per heavy atom. The first kappa shape index (κ1) is 32.5. The van der Waals surface area contributed by atoms with E-state index in [1.54, 1.807) is 24.3 Å².